The van der Waals surface area contributed by atoms with Crippen LogP contribution in [0.25, 0.3) is 0 Å². The van der Waals surface area contributed by atoms with Gasteiger partial charge in [0.05, 0.1) is 16.9 Å². The van der Waals surface area contributed by atoms with Crippen molar-refractivity contribution in [2.24, 2.45) is 0 Å². The van der Waals surface area contributed by atoms with Crippen molar-refractivity contribution < 1.29 is 46.8 Å². The highest BCUT2D eigenvalue weighted by atomic mass is 19.4. The molecule has 8 nitrogen and oxygen atoms in total. The lowest BCUT2D eigenvalue weighted by molar-refractivity contribution is -0.274. The van der Waals surface area contributed by atoms with Gasteiger partial charge in [0, 0.05) is 12.7 Å². The first-order chi connectivity index (χ1) is 15.4. The quantitative estimate of drug-likeness (QED) is 0.336. The number of ether oxygens (including phenoxy) is 2. The first kappa shape index (κ1) is 23.9. The minimum Gasteiger partial charge on any atom is -0.478 e. The van der Waals surface area contributed by atoms with Gasteiger partial charge in [-0.05, 0) is 42.8 Å². The second-order valence-electron chi connectivity index (χ2n) is 6.90. The fourth-order valence-electron chi connectivity index (χ4n) is 3.54. The summed E-state index contributed by atoms with van der Waals surface area (Å²) >= 11 is 0. The van der Waals surface area contributed by atoms with Crippen molar-refractivity contribution in [1.29, 1.82) is 0 Å². The predicted octanol–water partition coefficient (Wildman–Crippen LogP) is 4.13. The topological polar surface area (TPSA) is 117 Å². The van der Waals surface area contributed by atoms with Crippen LogP contribution in [0.2, 0.25) is 0 Å². The Morgan fingerprint density at radius 2 is 1.73 bits per heavy atom. The zero-order valence-corrected chi connectivity index (χ0v) is 16.9. The van der Waals surface area contributed by atoms with E-state index in [1.807, 2.05) is 0 Å². The van der Waals surface area contributed by atoms with Crippen LogP contribution in [-0.2, 0) is 14.3 Å². The maximum atomic E-state index is 13.8. The van der Waals surface area contributed by atoms with Crippen molar-refractivity contribution in [2.45, 2.75) is 25.1 Å². The Hall–Kier alpha value is -3.80. The highest BCUT2D eigenvalue weighted by Crippen LogP contribution is 2.46. The number of hydrogen-bond acceptors (Lipinski definition) is 6. The maximum Gasteiger partial charge on any atom is 0.573 e. The molecule has 1 aliphatic rings. The first-order valence-corrected chi connectivity index (χ1v) is 9.47. The van der Waals surface area contributed by atoms with E-state index in [9.17, 15) is 37.4 Å². The molecule has 0 amide bonds. The number of alkyl halides is 3. The van der Waals surface area contributed by atoms with Gasteiger partial charge in [0.1, 0.15) is 17.7 Å². The number of anilines is 2. The van der Waals surface area contributed by atoms with Crippen LogP contribution >= 0.6 is 0 Å². The Morgan fingerprint density at radius 3 is 2.27 bits per heavy atom. The molecule has 2 unspecified atom stereocenters. The largest absolute Gasteiger partial charge is 0.573 e. The molecule has 0 radical (unpaired) electrons. The summed E-state index contributed by atoms with van der Waals surface area (Å²) in [6.07, 6.45) is -5.74. The average molecular weight is 470 g/mol. The van der Waals surface area contributed by atoms with Gasteiger partial charge in [0.25, 0.3) is 0 Å². The van der Waals surface area contributed by atoms with Gasteiger partial charge in [0.15, 0.2) is 5.66 Å². The summed E-state index contributed by atoms with van der Waals surface area (Å²) < 4.78 is 60.9. The van der Waals surface area contributed by atoms with Crippen LogP contribution in [0.1, 0.15) is 18.6 Å². The summed E-state index contributed by atoms with van der Waals surface area (Å²) in [4.78, 5) is 23.5. The van der Waals surface area contributed by atoms with Crippen molar-refractivity contribution in [3.05, 3.63) is 65.5 Å². The molecule has 2 aromatic rings. The van der Waals surface area contributed by atoms with Crippen LogP contribution in [0.4, 0.5) is 28.9 Å². The molecule has 1 aliphatic heterocycles. The molecule has 1 heterocycles. The van der Waals surface area contributed by atoms with Gasteiger partial charge in [-0.25, -0.2) is 14.0 Å². The van der Waals surface area contributed by atoms with Crippen LogP contribution in [-0.4, -0.2) is 40.8 Å². The van der Waals surface area contributed by atoms with E-state index in [-0.39, 0.29) is 23.5 Å². The predicted molar refractivity (Wildman–Crippen MR) is 107 cm³/mol. The van der Waals surface area contributed by atoms with Crippen LogP contribution < -0.4 is 15.4 Å². The summed E-state index contributed by atoms with van der Waals surface area (Å²) in [5, 5.41) is 24.8. The van der Waals surface area contributed by atoms with Crippen molar-refractivity contribution in [1.82, 2.24) is 0 Å². The summed E-state index contributed by atoms with van der Waals surface area (Å²) in [6.45, 7) is 1.60. The number of benzene rings is 2. The highest BCUT2D eigenvalue weighted by molar-refractivity contribution is 6.00. The van der Waals surface area contributed by atoms with Gasteiger partial charge in [-0.1, -0.05) is 12.1 Å². The number of aliphatic carboxylic acids is 2. The number of hydrogen-bond donors (Lipinski definition) is 4. The molecule has 2 atom stereocenters. The van der Waals surface area contributed by atoms with Crippen molar-refractivity contribution in [2.75, 3.05) is 17.2 Å². The van der Waals surface area contributed by atoms with E-state index < -0.39 is 47.2 Å². The van der Waals surface area contributed by atoms with Crippen molar-refractivity contribution in [3.63, 3.8) is 0 Å². The molecule has 0 aliphatic carbocycles. The van der Waals surface area contributed by atoms with E-state index in [0.717, 1.165) is 24.3 Å². The number of carboxylic acid groups (broad SMARTS) is 2. The van der Waals surface area contributed by atoms with Crippen LogP contribution in [0.15, 0.2) is 54.1 Å². The molecular weight excluding hydrogens is 452 g/mol. The Labute approximate surface area is 184 Å². The molecule has 0 bridgehead atoms. The Balaban J connectivity index is 2.15. The van der Waals surface area contributed by atoms with E-state index in [2.05, 4.69) is 15.4 Å². The molecule has 33 heavy (non-hydrogen) atoms. The summed E-state index contributed by atoms with van der Waals surface area (Å²) in [5.41, 5.74) is -2.05. The van der Waals surface area contributed by atoms with E-state index >= 15 is 0 Å². The SMILES string of the molecule is CCOC(c1ccc(OC(F)(F)F)cc1)C1(C(=CC(=O)O)C(=O)O)Nc2ccc(F)cc2N1. The molecule has 0 saturated carbocycles. The van der Waals surface area contributed by atoms with Gasteiger partial charge in [0.2, 0.25) is 0 Å². The lowest BCUT2D eigenvalue weighted by Gasteiger charge is -2.38. The van der Waals surface area contributed by atoms with Crippen molar-refractivity contribution >= 4 is 23.3 Å². The smallest absolute Gasteiger partial charge is 0.478 e. The third-order valence-electron chi connectivity index (χ3n) is 4.71. The van der Waals surface area contributed by atoms with Gasteiger partial charge in [-0.3, -0.25) is 0 Å². The maximum absolute atomic E-state index is 13.8. The number of fused-ring (bicyclic) bond motifs is 1. The normalized spacial score (nSPS) is 18.6. The molecular formula is C21H18F4N2O6. The fraction of sp³-hybridized carbons (Fsp3) is 0.238. The minimum atomic E-state index is -4.91. The Morgan fingerprint density at radius 1 is 1.09 bits per heavy atom. The number of rotatable bonds is 8. The molecule has 176 valence electrons. The summed E-state index contributed by atoms with van der Waals surface area (Å²) in [7, 11) is 0. The first-order valence-electron chi connectivity index (χ1n) is 9.47. The molecule has 4 N–H and O–H groups in total. The zero-order chi connectivity index (χ0) is 24.4. The van der Waals surface area contributed by atoms with Gasteiger partial charge in [-0.15, -0.1) is 13.2 Å². The second-order valence-corrected chi connectivity index (χ2v) is 6.90. The van der Waals surface area contributed by atoms with Gasteiger partial charge in [-0.2, -0.15) is 0 Å². The van der Waals surface area contributed by atoms with E-state index in [1.165, 1.54) is 18.2 Å². The van der Waals surface area contributed by atoms with Crippen LogP contribution in [0.3, 0.4) is 0 Å². The third-order valence-corrected chi connectivity index (χ3v) is 4.71. The lowest BCUT2D eigenvalue weighted by atomic mass is 9.88. The monoisotopic (exact) mass is 470 g/mol. The van der Waals surface area contributed by atoms with Crippen LogP contribution in [0.5, 0.6) is 5.75 Å². The second kappa shape index (κ2) is 8.98. The molecule has 0 saturated heterocycles. The number of halogens is 4. The lowest BCUT2D eigenvalue weighted by Crippen LogP contribution is -2.52. The van der Waals surface area contributed by atoms with Crippen molar-refractivity contribution in [3.8, 4) is 5.75 Å². The third kappa shape index (κ3) is 5.17. The molecule has 0 fully saturated rings. The van der Waals surface area contributed by atoms with E-state index in [1.54, 1.807) is 6.92 Å². The standard InChI is InChI=1S/C21H18F4N2O6/c1-2-32-18(11-3-6-13(7-4-11)33-21(23,24)25)20(14(19(30)31)10-17(28)29)26-15-8-5-12(22)9-16(15)27-20/h3-10,18,26-27H,2H2,1H3,(H,28,29)(H,30,31). The zero-order valence-electron chi connectivity index (χ0n) is 16.9. The molecule has 0 aromatic heterocycles. The Kier molecular flexibility index (Phi) is 6.49. The fourth-order valence-corrected chi connectivity index (χ4v) is 3.54. The minimum absolute atomic E-state index is 0.0151. The number of carbonyl (C=O) groups is 2. The summed E-state index contributed by atoms with van der Waals surface area (Å²) in [6, 6.07) is 7.96. The number of carboxylic acids is 2. The highest BCUT2D eigenvalue weighted by Gasteiger charge is 2.51. The molecule has 0 spiro atoms. The van der Waals surface area contributed by atoms with Gasteiger partial charge >= 0.3 is 18.3 Å². The Bertz CT molecular complexity index is 1090. The molecule has 3 rings (SSSR count). The van der Waals surface area contributed by atoms with E-state index in [0.29, 0.717) is 6.08 Å². The number of nitrogens with one attached hydrogen (secondary N) is 2. The molecule has 12 heteroatoms. The molecule has 2 aromatic carbocycles. The van der Waals surface area contributed by atoms with Crippen LogP contribution in [0, 0.1) is 5.82 Å². The summed E-state index contributed by atoms with van der Waals surface area (Å²) in [5.74, 6) is -4.35. The van der Waals surface area contributed by atoms with Gasteiger partial charge < -0.3 is 30.3 Å². The van der Waals surface area contributed by atoms with E-state index in [4.69, 9.17) is 4.74 Å². The average Bonchev–Trinajstić information content (AvgIpc) is 3.08.